The average Bonchev–Trinajstić information content (AvgIpc) is 2.67. The minimum Gasteiger partial charge on any atom is -0.507 e. The van der Waals surface area contributed by atoms with Gasteiger partial charge in [0.2, 0.25) is 0 Å². The van der Waals surface area contributed by atoms with E-state index in [0.717, 1.165) is 55.6 Å². The van der Waals surface area contributed by atoms with Crippen molar-refractivity contribution in [2.24, 2.45) is 5.92 Å². The third kappa shape index (κ3) is 4.70. The summed E-state index contributed by atoms with van der Waals surface area (Å²) in [5, 5.41) is 12.9. The standard InChI is InChI=1S/C21H32N2O3/c1-15-13-17(14-16(2)20(15)24)6-9-22-21(25)23-10-7-18(8-11-23)19-5-3-4-12-26-19/h13-14,18-19,24H,3-12H2,1-2H3,(H,22,25). The first kappa shape index (κ1) is 19.0. The number of hydrogen-bond acceptors (Lipinski definition) is 3. The second-order valence-corrected chi connectivity index (χ2v) is 7.79. The molecule has 2 saturated heterocycles. The van der Waals surface area contributed by atoms with Gasteiger partial charge in [-0.05, 0) is 75.0 Å². The van der Waals surface area contributed by atoms with Gasteiger partial charge in [0.15, 0.2) is 0 Å². The highest BCUT2D eigenvalue weighted by molar-refractivity contribution is 5.74. The van der Waals surface area contributed by atoms with E-state index in [1.165, 1.54) is 19.3 Å². The van der Waals surface area contributed by atoms with Crippen LogP contribution in [0.25, 0.3) is 0 Å². The fraction of sp³-hybridized carbons (Fsp3) is 0.667. The number of piperidine rings is 1. The van der Waals surface area contributed by atoms with Gasteiger partial charge in [-0.1, -0.05) is 12.1 Å². The lowest BCUT2D eigenvalue weighted by Crippen LogP contribution is -2.47. The van der Waals surface area contributed by atoms with Gasteiger partial charge in [-0.3, -0.25) is 0 Å². The maximum absolute atomic E-state index is 12.4. The van der Waals surface area contributed by atoms with Crippen LogP contribution in [0, 0.1) is 19.8 Å². The van der Waals surface area contributed by atoms with Crippen LogP contribution in [-0.2, 0) is 11.2 Å². The summed E-state index contributed by atoms with van der Waals surface area (Å²) < 4.78 is 5.92. The maximum atomic E-state index is 12.4. The molecule has 0 spiro atoms. The molecule has 1 unspecified atom stereocenters. The summed E-state index contributed by atoms with van der Waals surface area (Å²) in [5.74, 6) is 0.977. The number of nitrogens with one attached hydrogen (secondary N) is 1. The predicted molar refractivity (Wildman–Crippen MR) is 103 cm³/mol. The van der Waals surface area contributed by atoms with E-state index >= 15 is 0 Å². The van der Waals surface area contributed by atoms with E-state index in [4.69, 9.17) is 4.74 Å². The van der Waals surface area contributed by atoms with Gasteiger partial charge in [0.25, 0.3) is 0 Å². The molecule has 0 bridgehead atoms. The third-order valence-electron chi connectivity index (χ3n) is 5.81. The number of hydrogen-bond donors (Lipinski definition) is 2. The van der Waals surface area contributed by atoms with Crippen LogP contribution in [0.4, 0.5) is 4.79 Å². The molecular formula is C21H32N2O3. The SMILES string of the molecule is Cc1cc(CCNC(=O)N2CCC(C3CCCCO3)CC2)cc(C)c1O. The maximum Gasteiger partial charge on any atom is 0.317 e. The average molecular weight is 360 g/mol. The molecule has 144 valence electrons. The second kappa shape index (κ2) is 8.76. The van der Waals surface area contributed by atoms with Crippen LogP contribution in [0.3, 0.4) is 0 Å². The topological polar surface area (TPSA) is 61.8 Å². The van der Waals surface area contributed by atoms with Crippen LogP contribution in [-0.4, -0.2) is 48.4 Å². The van der Waals surface area contributed by atoms with Gasteiger partial charge in [-0.2, -0.15) is 0 Å². The number of carbonyl (C=O) groups is 1. The number of phenolic OH excluding ortho intramolecular Hbond substituents is 1. The number of urea groups is 1. The highest BCUT2D eigenvalue weighted by Gasteiger charge is 2.29. The second-order valence-electron chi connectivity index (χ2n) is 7.79. The molecule has 3 rings (SSSR count). The summed E-state index contributed by atoms with van der Waals surface area (Å²) in [6, 6.07) is 4.02. The third-order valence-corrected chi connectivity index (χ3v) is 5.81. The Morgan fingerprint density at radius 2 is 1.88 bits per heavy atom. The summed E-state index contributed by atoms with van der Waals surface area (Å²) in [5.41, 5.74) is 2.92. The molecular weight excluding hydrogens is 328 g/mol. The summed E-state index contributed by atoms with van der Waals surface area (Å²) >= 11 is 0. The first-order valence-corrected chi connectivity index (χ1v) is 9.98. The molecule has 0 aromatic heterocycles. The van der Waals surface area contributed by atoms with E-state index in [1.807, 2.05) is 30.9 Å². The molecule has 2 aliphatic heterocycles. The van der Waals surface area contributed by atoms with Crippen LogP contribution in [0.1, 0.15) is 48.8 Å². The summed E-state index contributed by atoms with van der Waals surface area (Å²) in [7, 11) is 0. The van der Waals surface area contributed by atoms with Gasteiger partial charge in [0, 0.05) is 26.2 Å². The van der Waals surface area contributed by atoms with Gasteiger partial charge >= 0.3 is 6.03 Å². The van der Waals surface area contributed by atoms with Gasteiger partial charge < -0.3 is 20.1 Å². The molecule has 5 nitrogen and oxygen atoms in total. The fourth-order valence-electron chi connectivity index (χ4n) is 4.23. The van der Waals surface area contributed by atoms with Crippen molar-refractivity contribution in [1.82, 2.24) is 10.2 Å². The van der Waals surface area contributed by atoms with E-state index in [0.29, 0.717) is 24.3 Å². The fourth-order valence-corrected chi connectivity index (χ4v) is 4.23. The van der Waals surface area contributed by atoms with Crippen LogP contribution < -0.4 is 5.32 Å². The molecule has 0 radical (unpaired) electrons. The number of likely N-dealkylation sites (tertiary alicyclic amines) is 1. The van der Waals surface area contributed by atoms with Crippen LogP contribution in [0.2, 0.25) is 0 Å². The summed E-state index contributed by atoms with van der Waals surface area (Å²) in [6.07, 6.45) is 6.94. The molecule has 2 heterocycles. The molecule has 2 amide bonds. The van der Waals surface area contributed by atoms with Crippen molar-refractivity contribution >= 4 is 6.03 Å². The van der Waals surface area contributed by atoms with Gasteiger partial charge in [-0.25, -0.2) is 4.79 Å². The largest absolute Gasteiger partial charge is 0.507 e. The predicted octanol–water partition coefficient (Wildman–Crippen LogP) is 3.54. The number of nitrogens with zero attached hydrogens (tertiary/aromatic N) is 1. The van der Waals surface area contributed by atoms with Crippen molar-refractivity contribution in [2.45, 2.75) is 58.5 Å². The molecule has 2 fully saturated rings. The summed E-state index contributed by atoms with van der Waals surface area (Å²) in [4.78, 5) is 14.3. The highest BCUT2D eigenvalue weighted by Crippen LogP contribution is 2.28. The van der Waals surface area contributed by atoms with Crippen LogP contribution >= 0.6 is 0 Å². The number of benzene rings is 1. The molecule has 1 atom stereocenters. The number of rotatable bonds is 4. The smallest absolute Gasteiger partial charge is 0.317 e. The van der Waals surface area contributed by atoms with Gasteiger partial charge in [0.1, 0.15) is 5.75 Å². The number of aromatic hydroxyl groups is 1. The summed E-state index contributed by atoms with van der Waals surface area (Å²) in [6.45, 7) is 6.99. The Morgan fingerprint density at radius 1 is 1.19 bits per heavy atom. The molecule has 0 saturated carbocycles. The van der Waals surface area contributed by atoms with Crippen molar-refractivity contribution in [1.29, 1.82) is 0 Å². The zero-order chi connectivity index (χ0) is 18.5. The first-order valence-electron chi connectivity index (χ1n) is 9.98. The monoisotopic (exact) mass is 360 g/mol. The lowest BCUT2D eigenvalue weighted by molar-refractivity contribution is -0.0348. The highest BCUT2D eigenvalue weighted by atomic mass is 16.5. The van der Waals surface area contributed by atoms with E-state index in [-0.39, 0.29) is 6.03 Å². The minimum absolute atomic E-state index is 0.0419. The van der Waals surface area contributed by atoms with E-state index in [1.54, 1.807) is 0 Å². The van der Waals surface area contributed by atoms with Crippen molar-refractivity contribution in [2.75, 3.05) is 26.2 Å². The Balaban J connectivity index is 1.40. The molecule has 2 aliphatic rings. The van der Waals surface area contributed by atoms with Crippen molar-refractivity contribution < 1.29 is 14.6 Å². The van der Waals surface area contributed by atoms with Crippen LogP contribution in [0.15, 0.2) is 12.1 Å². The molecule has 5 heteroatoms. The Labute approximate surface area is 156 Å². The molecule has 1 aromatic rings. The number of aryl methyl sites for hydroxylation is 2. The van der Waals surface area contributed by atoms with E-state index in [2.05, 4.69) is 5.32 Å². The van der Waals surface area contributed by atoms with E-state index < -0.39 is 0 Å². The van der Waals surface area contributed by atoms with Crippen molar-refractivity contribution in [3.05, 3.63) is 28.8 Å². The zero-order valence-electron chi connectivity index (χ0n) is 16.1. The molecule has 0 aliphatic carbocycles. The number of phenols is 1. The zero-order valence-corrected chi connectivity index (χ0v) is 16.1. The number of amides is 2. The minimum atomic E-state index is 0.0419. The first-order chi connectivity index (χ1) is 12.5. The van der Waals surface area contributed by atoms with Crippen molar-refractivity contribution in [3.63, 3.8) is 0 Å². The molecule has 26 heavy (non-hydrogen) atoms. The Hall–Kier alpha value is -1.75. The lowest BCUT2D eigenvalue weighted by atomic mass is 9.87. The molecule has 1 aromatic carbocycles. The van der Waals surface area contributed by atoms with Crippen LogP contribution in [0.5, 0.6) is 5.75 Å². The van der Waals surface area contributed by atoms with Gasteiger partial charge in [-0.15, -0.1) is 0 Å². The Morgan fingerprint density at radius 3 is 2.50 bits per heavy atom. The van der Waals surface area contributed by atoms with Gasteiger partial charge in [0.05, 0.1) is 6.10 Å². The number of carbonyl (C=O) groups excluding carboxylic acids is 1. The Kier molecular flexibility index (Phi) is 6.41. The molecule has 2 N–H and O–H groups in total. The van der Waals surface area contributed by atoms with E-state index in [9.17, 15) is 9.90 Å². The Bertz CT molecular complexity index is 595. The van der Waals surface area contributed by atoms with Crippen molar-refractivity contribution in [3.8, 4) is 5.75 Å². The number of ether oxygens (including phenoxy) is 1. The quantitative estimate of drug-likeness (QED) is 0.863. The lowest BCUT2D eigenvalue weighted by Gasteiger charge is -2.37. The normalized spacial score (nSPS) is 21.6.